The Morgan fingerprint density at radius 3 is 2.45 bits per heavy atom. The molecule has 162 valence electrons. The van der Waals surface area contributed by atoms with Crippen LogP contribution in [-0.4, -0.2) is 19.6 Å². The van der Waals surface area contributed by atoms with Gasteiger partial charge in [0.2, 0.25) is 0 Å². The number of benzene rings is 4. The van der Waals surface area contributed by atoms with E-state index in [4.69, 9.17) is 9.47 Å². The van der Waals surface area contributed by atoms with Crippen LogP contribution >= 0.6 is 0 Å². The fourth-order valence-electron chi connectivity index (χ4n) is 3.54. The zero-order valence-corrected chi connectivity index (χ0v) is 18.1. The molecular formula is C28H22N2O3. The molecule has 0 spiro atoms. The van der Waals surface area contributed by atoms with Gasteiger partial charge < -0.3 is 14.8 Å². The molecular weight excluding hydrogens is 412 g/mol. The zero-order valence-electron chi connectivity index (χ0n) is 18.1. The van der Waals surface area contributed by atoms with Crippen molar-refractivity contribution in [2.45, 2.75) is 0 Å². The SMILES string of the molecule is COc1ccccc1NC(=O)COc1ccc(/C=C(\C#N)c2cccc3ccccc23)cc1. The van der Waals surface area contributed by atoms with Gasteiger partial charge in [-0.2, -0.15) is 5.26 Å². The molecule has 0 aliphatic carbocycles. The maximum absolute atomic E-state index is 12.2. The number of carbonyl (C=O) groups excluding carboxylic acids is 1. The minimum absolute atomic E-state index is 0.132. The Labute approximate surface area is 192 Å². The predicted octanol–water partition coefficient (Wildman–Crippen LogP) is 5.93. The number of amides is 1. The van der Waals surface area contributed by atoms with Gasteiger partial charge in [0.05, 0.1) is 24.4 Å². The highest BCUT2D eigenvalue weighted by Gasteiger charge is 2.09. The minimum atomic E-state index is -0.286. The highest BCUT2D eigenvalue weighted by molar-refractivity contribution is 6.01. The van der Waals surface area contributed by atoms with E-state index >= 15 is 0 Å². The summed E-state index contributed by atoms with van der Waals surface area (Å²) >= 11 is 0. The maximum atomic E-state index is 12.2. The second-order valence-electron chi connectivity index (χ2n) is 7.30. The van der Waals surface area contributed by atoms with Gasteiger partial charge in [-0.25, -0.2) is 0 Å². The number of fused-ring (bicyclic) bond motifs is 1. The molecule has 0 unspecified atom stereocenters. The number of hydrogen-bond acceptors (Lipinski definition) is 4. The molecule has 0 aliphatic heterocycles. The third-order valence-electron chi connectivity index (χ3n) is 5.14. The van der Waals surface area contributed by atoms with Crippen molar-refractivity contribution in [3.63, 3.8) is 0 Å². The van der Waals surface area contributed by atoms with E-state index < -0.39 is 0 Å². The minimum Gasteiger partial charge on any atom is -0.495 e. The third kappa shape index (κ3) is 5.20. The Balaban J connectivity index is 1.44. The van der Waals surface area contributed by atoms with Gasteiger partial charge in [-0.05, 0) is 46.7 Å². The standard InChI is InChI=1S/C28H22N2O3/c1-32-27-12-5-4-11-26(27)30-28(31)19-33-23-15-13-20(14-16-23)17-22(18-29)25-10-6-8-21-7-2-3-9-24(21)25/h2-17H,19H2,1H3,(H,30,31)/b22-17+. The first-order chi connectivity index (χ1) is 16.2. The van der Waals surface area contributed by atoms with E-state index in [2.05, 4.69) is 11.4 Å². The Hall–Kier alpha value is -4.56. The number of hydrogen-bond donors (Lipinski definition) is 1. The summed E-state index contributed by atoms with van der Waals surface area (Å²) in [4.78, 5) is 12.2. The fraction of sp³-hybridized carbons (Fsp3) is 0.0714. The van der Waals surface area contributed by atoms with Crippen LogP contribution in [0.1, 0.15) is 11.1 Å². The van der Waals surface area contributed by atoms with Crippen LogP contribution in [0.2, 0.25) is 0 Å². The van der Waals surface area contributed by atoms with Crippen LogP contribution in [0.25, 0.3) is 22.4 Å². The second kappa shape index (κ2) is 10.2. The highest BCUT2D eigenvalue weighted by atomic mass is 16.5. The number of ether oxygens (including phenoxy) is 2. The summed E-state index contributed by atoms with van der Waals surface area (Å²) in [5.41, 5.74) is 2.93. The first-order valence-corrected chi connectivity index (χ1v) is 10.4. The van der Waals surface area contributed by atoms with Crippen LogP contribution in [0.15, 0.2) is 91.0 Å². The zero-order chi connectivity index (χ0) is 23.0. The molecule has 0 bridgehead atoms. The van der Waals surface area contributed by atoms with Gasteiger partial charge in [0.15, 0.2) is 6.61 Å². The molecule has 0 atom stereocenters. The van der Waals surface area contributed by atoms with E-state index in [0.29, 0.717) is 22.8 Å². The molecule has 1 N–H and O–H groups in total. The first-order valence-electron chi connectivity index (χ1n) is 10.4. The van der Waals surface area contributed by atoms with Crippen molar-refractivity contribution >= 4 is 34.0 Å². The van der Waals surface area contributed by atoms with Gasteiger partial charge in [-0.1, -0.05) is 66.7 Å². The Bertz CT molecular complexity index is 1350. The second-order valence-corrected chi connectivity index (χ2v) is 7.30. The molecule has 4 aromatic carbocycles. The Morgan fingerprint density at radius 2 is 1.67 bits per heavy atom. The van der Waals surface area contributed by atoms with E-state index in [9.17, 15) is 10.1 Å². The third-order valence-corrected chi connectivity index (χ3v) is 5.14. The Kier molecular flexibility index (Phi) is 6.67. The molecule has 0 saturated heterocycles. The van der Waals surface area contributed by atoms with Crippen molar-refractivity contribution in [1.29, 1.82) is 5.26 Å². The number of nitrogens with one attached hydrogen (secondary N) is 1. The lowest BCUT2D eigenvalue weighted by Gasteiger charge is -2.10. The van der Waals surface area contributed by atoms with E-state index in [1.165, 1.54) is 0 Å². The van der Waals surface area contributed by atoms with Crippen LogP contribution in [0.4, 0.5) is 5.69 Å². The molecule has 33 heavy (non-hydrogen) atoms. The van der Waals surface area contributed by atoms with Crippen LogP contribution in [0.5, 0.6) is 11.5 Å². The fourth-order valence-corrected chi connectivity index (χ4v) is 3.54. The quantitative estimate of drug-likeness (QED) is 0.289. The molecule has 4 aromatic rings. The average molecular weight is 434 g/mol. The molecule has 0 radical (unpaired) electrons. The molecule has 5 nitrogen and oxygen atoms in total. The summed E-state index contributed by atoms with van der Waals surface area (Å²) in [6.07, 6.45) is 1.85. The van der Waals surface area contributed by atoms with Crippen LogP contribution in [0.3, 0.4) is 0 Å². The number of para-hydroxylation sites is 2. The lowest BCUT2D eigenvalue weighted by molar-refractivity contribution is -0.118. The van der Waals surface area contributed by atoms with Crippen molar-refractivity contribution in [3.05, 3.63) is 102 Å². The van der Waals surface area contributed by atoms with Gasteiger partial charge in [0.25, 0.3) is 5.91 Å². The van der Waals surface area contributed by atoms with Crippen molar-refractivity contribution in [3.8, 4) is 17.6 Å². The molecule has 0 fully saturated rings. The number of nitrogens with zero attached hydrogens (tertiary/aromatic N) is 1. The average Bonchev–Trinajstić information content (AvgIpc) is 2.87. The lowest BCUT2D eigenvalue weighted by atomic mass is 9.97. The van der Waals surface area contributed by atoms with Crippen molar-refractivity contribution in [2.75, 3.05) is 19.0 Å². The molecule has 0 aliphatic rings. The normalized spacial score (nSPS) is 11.0. The topological polar surface area (TPSA) is 71.3 Å². The van der Waals surface area contributed by atoms with Gasteiger partial charge in [0.1, 0.15) is 11.5 Å². The number of carbonyl (C=O) groups is 1. The molecule has 5 heteroatoms. The first kappa shape index (κ1) is 21.7. The Morgan fingerprint density at radius 1 is 0.939 bits per heavy atom. The molecule has 1 amide bonds. The smallest absolute Gasteiger partial charge is 0.262 e. The van der Waals surface area contributed by atoms with Gasteiger partial charge in [-0.3, -0.25) is 4.79 Å². The van der Waals surface area contributed by atoms with Crippen molar-refractivity contribution in [1.82, 2.24) is 0 Å². The number of anilines is 1. The van der Waals surface area contributed by atoms with Crippen molar-refractivity contribution in [2.24, 2.45) is 0 Å². The lowest BCUT2D eigenvalue weighted by Crippen LogP contribution is -2.20. The van der Waals surface area contributed by atoms with Gasteiger partial charge in [0, 0.05) is 5.56 Å². The number of methoxy groups -OCH3 is 1. The summed E-state index contributed by atoms with van der Waals surface area (Å²) in [5.74, 6) is 0.860. The van der Waals surface area contributed by atoms with Gasteiger partial charge in [-0.15, -0.1) is 0 Å². The molecule has 0 heterocycles. The van der Waals surface area contributed by atoms with Crippen LogP contribution < -0.4 is 14.8 Å². The van der Waals surface area contributed by atoms with Crippen LogP contribution in [0, 0.1) is 11.3 Å². The summed E-state index contributed by atoms with van der Waals surface area (Å²) < 4.78 is 10.8. The number of rotatable bonds is 7. The number of allylic oxidation sites excluding steroid dienone is 1. The van der Waals surface area contributed by atoms with E-state index in [0.717, 1.165) is 21.9 Å². The van der Waals surface area contributed by atoms with E-state index in [-0.39, 0.29) is 12.5 Å². The summed E-state index contributed by atoms with van der Waals surface area (Å²) in [5, 5.41) is 14.7. The number of nitriles is 1. The maximum Gasteiger partial charge on any atom is 0.262 e. The summed E-state index contributed by atoms with van der Waals surface area (Å²) in [7, 11) is 1.55. The largest absolute Gasteiger partial charge is 0.495 e. The molecule has 4 rings (SSSR count). The predicted molar refractivity (Wildman–Crippen MR) is 131 cm³/mol. The monoisotopic (exact) mass is 434 g/mol. The van der Waals surface area contributed by atoms with Crippen molar-refractivity contribution < 1.29 is 14.3 Å². The highest BCUT2D eigenvalue weighted by Crippen LogP contribution is 2.27. The van der Waals surface area contributed by atoms with E-state index in [1.54, 1.807) is 31.4 Å². The summed E-state index contributed by atoms with van der Waals surface area (Å²) in [6.45, 7) is -0.132. The van der Waals surface area contributed by atoms with E-state index in [1.807, 2.05) is 72.8 Å². The molecule has 0 saturated carbocycles. The van der Waals surface area contributed by atoms with Gasteiger partial charge >= 0.3 is 0 Å². The van der Waals surface area contributed by atoms with Crippen LogP contribution in [-0.2, 0) is 4.79 Å². The molecule has 0 aromatic heterocycles. The summed E-state index contributed by atoms with van der Waals surface area (Å²) in [6, 6.07) is 30.7.